The highest BCUT2D eigenvalue weighted by Gasteiger charge is 2.11. The molecule has 1 aromatic carbocycles. The van der Waals surface area contributed by atoms with Gasteiger partial charge in [0.25, 0.3) is 0 Å². The summed E-state index contributed by atoms with van der Waals surface area (Å²) in [6.45, 7) is 2.58. The summed E-state index contributed by atoms with van der Waals surface area (Å²) >= 11 is 1.56. The van der Waals surface area contributed by atoms with Crippen molar-refractivity contribution in [2.24, 2.45) is 0 Å². The first kappa shape index (κ1) is 12.6. The second-order valence-electron chi connectivity index (χ2n) is 3.96. The maximum absolute atomic E-state index is 11.1. The predicted molar refractivity (Wildman–Crippen MR) is 72.4 cm³/mol. The fraction of sp³-hybridized carbons (Fsp3) is 0.231. The summed E-state index contributed by atoms with van der Waals surface area (Å²) in [5.41, 5.74) is 4.77. The number of carboxylic acids is 1. The Morgan fingerprint density at radius 3 is 3.00 bits per heavy atom. The molecule has 0 atom stereocenters. The summed E-state index contributed by atoms with van der Waals surface area (Å²) in [6, 6.07) is 5.27. The van der Waals surface area contributed by atoms with E-state index >= 15 is 0 Å². The molecule has 1 aromatic heterocycles. The number of nitrogens with zero attached hydrogens (tertiary/aromatic N) is 1. The minimum atomic E-state index is -0.908. The molecule has 5 heteroatoms. The van der Waals surface area contributed by atoms with Gasteiger partial charge in [0.2, 0.25) is 0 Å². The number of aryl methyl sites for hydroxylation is 1. The number of benzene rings is 1. The minimum absolute atomic E-state index is 0.313. The van der Waals surface area contributed by atoms with Crippen molar-refractivity contribution in [2.75, 3.05) is 11.9 Å². The van der Waals surface area contributed by atoms with Crippen LogP contribution in [0.3, 0.4) is 0 Å². The van der Waals surface area contributed by atoms with E-state index in [0.29, 0.717) is 17.8 Å². The molecule has 1 heterocycles. The van der Waals surface area contributed by atoms with Crippen molar-refractivity contribution in [3.05, 3.63) is 45.9 Å². The number of anilines is 1. The molecule has 0 bridgehead atoms. The Hall–Kier alpha value is -1.88. The summed E-state index contributed by atoms with van der Waals surface area (Å²) in [5, 5.41) is 14.3. The molecule has 0 spiro atoms. The summed E-state index contributed by atoms with van der Waals surface area (Å²) in [6.07, 6.45) is 0.789. The predicted octanol–water partition coefficient (Wildman–Crippen LogP) is 2.80. The van der Waals surface area contributed by atoms with Gasteiger partial charge >= 0.3 is 5.97 Å². The number of carbonyl (C=O) groups is 1. The van der Waals surface area contributed by atoms with Gasteiger partial charge in [0.1, 0.15) is 0 Å². The van der Waals surface area contributed by atoms with E-state index in [1.54, 1.807) is 29.0 Å². The Morgan fingerprint density at radius 2 is 2.33 bits per heavy atom. The minimum Gasteiger partial charge on any atom is -0.478 e. The molecule has 0 unspecified atom stereocenters. The van der Waals surface area contributed by atoms with Crippen molar-refractivity contribution in [3.63, 3.8) is 0 Å². The van der Waals surface area contributed by atoms with Gasteiger partial charge in [-0.05, 0) is 18.6 Å². The number of hydrogen-bond acceptors (Lipinski definition) is 4. The van der Waals surface area contributed by atoms with Gasteiger partial charge in [-0.1, -0.05) is 12.1 Å². The van der Waals surface area contributed by atoms with Gasteiger partial charge in [-0.25, -0.2) is 9.78 Å². The van der Waals surface area contributed by atoms with Gasteiger partial charge in [-0.3, -0.25) is 0 Å². The average Bonchev–Trinajstić information content (AvgIpc) is 2.84. The topological polar surface area (TPSA) is 62.2 Å². The van der Waals surface area contributed by atoms with Crippen molar-refractivity contribution in [1.82, 2.24) is 4.98 Å². The summed E-state index contributed by atoms with van der Waals surface area (Å²) < 4.78 is 0. The molecule has 0 saturated carbocycles. The quantitative estimate of drug-likeness (QED) is 0.869. The Labute approximate surface area is 109 Å². The van der Waals surface area contributed by atoms with Gasteiger partial charge in [0.05, 0.1) is 22.5 Å². The van der Waals surface area contributed by atoms with E-state index in [1.807, 2.05) is 18.4 Å². The lowest BCUT2D eigenvalue weighted by atomic mass is 10.1. The molecular formula is C13H14N2O2S. The molecule has 94 valence electrons. The lowest BCUT2D eigenvalue weighted by Gasteiger charge is -2.11. The third-order valence-electron chi connectivity index (χ3n) is 2.67. The first-order valence-corrected chi connectivity index (χ1v) is 6.56. The molecule has 2 N–H and O–H groups in total. The Morgan fingerprint density at radius 1 is 1.50 bits per heavy atom. The van der Waals surface area contributed by atoms with Crippen LogP contribution < -0.4 is 5.32 Å². The standard InChI is InChI=1S/C13H14N2O2S/c1-9-3-2-4-11(13(16)17)12(9)14-6-5-10-7-18-8-15-10/h2-4,7-8,14H,5-6H2,1H3,(H,16,17). The van der Waals surface area contributed by atoms with E-state index in [2.05, 4.69) is 10.3 Å². The first-order chi connectivity index (χ1) is 8.68. The number of thiazole rings is 1. The van der Waals surface area contributed by atoms with Crippen LogP contribution in [0.15, 0.2) is 29.1 Å². The lowest BCUT2D eigenvalue weighted by Crippen LogP contribution is -2.11. The smallest absolute Gasteiger partial charge is 0.337 e. The zero-order chi connectivity index (χ0) is 13.0. The molecule has 0 fully saturated rings. The second-order valence-corrected chi connectivity index (χ2v) is 4.68. The fourth-order valence-corrected chi connectivity index (χ4v) is 2.35. The number of nitrogens with one attached hydrogen (secondary N) is 1. The second kappa shape index (κ2) is 5.64. The summed E-state index contributed by atoms with van der Waals surface area (Å²) in [4.78, 5) is 15.3. The molecule has 0 aliphatic carbocycles. The van der Waals surface area contributed by atoms with Gasteiger partial charge in [0, 0.05) is 18.3 Å². The van der Waals surface area contributed by atoms with E-state index in [0.717, 1.165) is 17.7 Å². The Bertz CT molecular complexity index is 538. The number of para-hydroxylation sites is 1. The molecule has 0 radical (unpaired) electrons. The molecule has 0 aliphatic heterocycles. The van der Waals surface area contributed by atoms with E-state index in [-0.39, 0.29) is 0 Å². The molecule has 2 rings (SSSR count). The Balaban J connectivity index is 2.06. The zero-order valence-corrected chi connectivity index (χ0v) is 10.8. The first-order valence-electron chi connectivity index (χ1n) is 5.62. The third kappa shape index (κ3) is 2.87. The largest absolute Gasteiger partial charge is 0.478 e. The number of hydrogen-bond donors (Lipinski definition) is 2. The molecule has 4 nitrogen and oxygen atoms in total. The highest BCUT2D eigenvalue weighted by Crippen LogP contribution is 2.20. The summed E-state index contributed by atoms with van der Waals surface area (Å²) in [7, 11) is 0. The summed E-state index contributed by atoms with van der Waals surface area (Å²) in [5.74, 6) is -0.908. The lowest BCUT2D eigenvalue weighted by molar-refractivity contribution is 0.0698. The molecule has 18 heavy (non-hydrogen) atoms. The van der Waals surface area contributed by atoms with Crippen LogP contribution in [0.5, 0.6) is 0 Å². The van der Waals surface area contributed by atoms with Crippen molar-refractivity contribution in [3.8, 4) is 0 Å². The maximum atomic E-state index is 11.1. The molecule has 0 amide bonds. The van der Waals surface area contributed by atoms with Gasteiger partial charge in [-0.15, -0.1) is 11.3 Å². The van der Waals surface area contributed by atoms with Crippen molar-refractivity contribution >= 4 is 23.0 Å². The van der Waals surface area contributed by atoms with E-state index in [9.17, 15) is 4.79 Å². The van der Waals surface area contributed by atoms with Crippen LogP contribution in [0.4, 0.5) is 5.69 Å². The van der Waals surface area contributed by atoms with Crippen LogP contribution in [-0.2, 0) is 6.42 Å². The van der Waals surface area contributed by atoms with E-state index < -0.39 is 5.97 Å². The van der Waals surface area contributed by atoms with Crippen molar-refractivity contribution in [2.45, 2.75) is 13.3 Å². The molecule has 2 aromatic rings. The number of aromatic nitrogens is 1. The van der Waals surface area contributed by atoms with Crippen LogP contribution >= 0.6 is 11.3 Å². The van der Waals surface area contributed by atoms with Crippen LogP contribution in [-0.4, -0.2) is 22.6 Å². The fourth-order valence-electron chi connectivity index (χ4n) is 1.76. The van der Waals surface area contributed by atoms with Crippen LogP contribution in [0, 0.1) is 6.92 Å². The highest BCUT2D eigenvalue weighted by molar-refractivity contribution is 7.07. The van der Waals surface area contributed by atoms with Crippen molar-refractivity contribution < 1.29 is 9.90 Å². The molecule has 0 aliphatic rings. The highest BCUT2D eigenvalue weighted by atomic mass is 32.1. The van der Waals surface area contributed by atoms with E-state index in [1.165, 1.54) is 0 Å². The van der Waals surface area contributed by atoms with Crippen molar-refractivity contribution in [1.29, 1.82) is 0 Å². The zero-order valence-electron chi connectivity index (χ0n) is 10.0. The maximum Gasteiger partial charge on any atom is 0.337 e. The van der Waals surface area contributed by atoms with E-state index in [4.69, 9.17) is 5.11 Å². The van der Waals surface area contributed by atoms with Gasteiger partial charge < -0.3 is 10.4 Å². The number of rotatable bonds is 5. The monoisotopic (exact) mass is 262 g/mol. The molecular weight excluding hydrogens is 248 g/mol. The van der Waals surface area contributed by atoms with Crippen LogP contribution in [0.2, 0.25) is 0 Å². The van der Waals surface area contributed by atoms with Crippen LogP contribution in [0.1, 0.15) is 21.6 Å². The normalized spacial score (nSPS) is 10.3. The van der Waals surface area contributed by atoms with Gasteiger partial charge in [-0.2, -0.15) is 0 Å². The number of carboxylic acid groups (broad SMARTS) is 1. The van der Waals surface area contributed by atoms with Gasteiger partial charge in [0.15, 0.2) is 0 Å². The SMILES string of the molecule is Cc1cccc(C(=O)O)c1NCCc1cscn1. The number of aromatic carboxylic acids is 1. The average molecular weight is 262 g/mol. The Kier molecular flexibility index (Phi) is 3.94. The van der Waals surface area contributed by atoms with Crippen LogP contribution in [0.25, 0.3) is 0 Å². The third-order valence-corrected chi connectivity index (χ3v) is 3.30. The molecule has 0 saturated heterocycles.